The zero-order chi connectivity index (χ0) is 13.8. The number of benzene rings is 1. The predicted molar refractivity (Wildman–Crippen MR) is 81.3 cm³/mol. The summed E-state index contributed by atoms with van der Waals surface area (Å²) in [6.45, 7) is 2.94. The van der Waals surface area contributed by atoms with Crippen molar-refractivity contribution in [2.24, 2.45) is 11.7 Å². The summed E-state index contributed by atoms with van der Waals surface area (Å²) < 4.78 is 0. The molecular formula is C17H21N3. The normalized spacial score (nSPS) is 20.9. The van der Waals surface area contributed by atoms with Gasteiger partial charge in [0.15, 0.2) is 0 Å². The summed E-state index contributed by atoms with van der Waals surface area (Å²) in [5.41, 5.74) is 8.26. The molecule has 2 aromatic rings. The van der Waals surface area contributed by atoms with Gasteiger partial charge in [0, 0.05) is 12.7 Å². The second-order valence-electron chi connectivity index (χ2n) is 5.45. The minimum Gasteiger partial charge on any atom is -0.330 e. The second-order valence-corrected chi connectivity index (χ2v) is 5.45. The molecule has 0 aliphatic carbocycles. The minimum absolute atomic E-state index is 0.244. The highest BCUT2D eigenvalue weighted by Crippen LogP contribution is 2.31. The second kappa shape index (κ2) is 6.16. The summed E-state index contributed by atoms with van der Waals surface area (Å²) in [6.07, 6.45) is 3.06. The number of pyridine rings is 1. The number of hydrogen-bond acceptors (Lipinski definition) is 3. The van der Waals surface area contributed by atoms with E-state index in [0.717, 1.165) is 25.3 Å². The van der Waals surface area contributed by atoms with Gasteiger partial charge in [0.1, 0.15) is 0 Å². The van der Waals surface area contributed by atoms with Crippen molar-refractivity contribution in [2.45, 2.75) is 12.5 Å². The van der Waals surface area contributed by atoms with Crippen molar-refractivity contribution >= 4 is 0 Å². The molecule has 3 nitrogen and oxygen atoms in total. The van der Waals surface area contributed by atoms with Gasteiger partial charge in [-0.1, -0.05) is 36.4 Å². The first-order valence-electron chi connectivity index (χ1n) is 7.28. The van der Waals surface area contributed by atoms with Gasteiger partial charge in [0.05, 0.1) is 11.7 Å². The van der Waals surface area contributed by atoms with E-state index < -0.39 is 0 Å². The van der Waals surface area contributed by atoms with Crippen LogP contribution in [0.5, 0.6) is 0 Å². The smallest absolute Gasteiger partial charge is 0.0776 e. The summed E-state index contributed by atoms with van der Waals surface area (Å²) >= 11 is 0. The number of hydrogen-bond donors (Lipinski definition) is 1. The zero-order valence-corrected chi connectivity index (χ0v) is 11.7. The first-order chi connectivity index (χ1) is 9.88. The number of nitrogens with two attached hydrogens (primary N) is 1. The number of nitrogens with zero attached hydrogens (tertiary/aromatic N) is 2. The van der Waals surface area contributed by atoms with E-state index >= 15 is 0 Å². The Kier molecular flexibility index (Phi) is 4.09. The molecule has 20 heavy (non-hydrogen) atoms. The minimum atomic E-state index is 0.244. The van der Waals surface area contributed by atoms with Crippen LogP contribution >= 0.6 is 0 Å². The van der Waals surface area contributed by atoms with Gasteiger partial charge >= 0.3 is 0 Å². The van der Waals surface area contributed by atoms with Crippen molar-refractivity contribution in [1.82, 2.24) is 9.88 Å². The van der Waals surface area contributed by atoms with E-state index in [0.29, 0.717) is 5.92 Å². The van der Waals surface area contributed by atoms with Crippen molar-refractivity contribution in [3.8, 4) is 0 Å². The predicted octanol–water partition coefficient (Wildman–Crippen LogP) is 2.45. The van der Waals surface area contributed by atoms with E-state index in [9.17, 15) is 0 Å². The third-order valence-electron chi connectivity index (χ3n) is 4.10. The lowest BCUT2D eigenvalue weighted by Crippen LogP contribution is -2.29. The largest absolute Gasteiger partial charge is 0.330 e. The summed E-state index contributed by atoms with van der Waals surface area (Å²) in [7, 11) is 0. The molecule has 2 heterocycles. The molecular weight excluding hydrogens is 246 g/mol. The van der Waals surface area contributed by atoms with Gasteiger partial charge < -0.3 is 5.73 Å². The first kappa shape index (κ1) is 13.3. The lowest BCUT2D eigenvalue weighted by Gasteiger charge is -2.28. The summed E-state index contributed by atoms with van der Waals surface area (Å²) in [4.78, 5) is 7.09. The summed E-state index contributed by atoms with van der Waals surface area (Å²) in [5, 5.41) is 0. The maximum atomic E-state index is 5.83. The van der Waals surface area contributed by atoms with Crippen molar-refractivity contribution in [3.05, 3.63) is 66.0 Å². The van der Waals surface area contributed by atoms with Crippen LogP contribution in [0.3, 0.4) is 0 Å². The lowest BCUT2D eigenvalue weighted by molar-refractivity contribution is 0.266. The van der Waals surface area contributed by atoms with Gasteiger partial charge in [-0.3, -0.25) is 9.88 Å². The van der Waals surface area contributed by atoms with Crippen molar-refractivity contribution in [1.29, 1.82) is 0 Å². The number of likely N-dealkylation sites (tertiary alicyclic amines) is 1. The maximum absolute atomic E-state index is 5.83. The molecule has 1 saturated heterocycles. The molecule has 0 radical (unpaired) electrons. The molecule has 0 spiro atoms. The fraction of sp³-hybridized carbons (Fsp3) is 0.353. The zero-order valence-electron chi connectivity index (χ0n) is 11.7. The molecule has 1 aliphatic rings. The van der Waals surface area contributed by atoms with Gasteiger partial charge in [0.25, 0.3) is 0 Å². The average molecular weight is 267 g/mol. The van der Waals surface area contributed by atoms with Crippen molar-refractivity contribution < 1.29 is 0 Å². The quantitative estimate of drug-likeness (QED) is 0.925. The van der Waals surface area contributed by atoms with Gasteiger partial charge in [-0.05, 0) is 43.1 Å². The van der Waals surface area contributed by atoms with Gasteiger partial charge in [0.2, 0.25) is 0 Å². The Bertz CT molecular complexity index is 487. The Hall–Kier alpha value is -1.71. The Labute approximate surface area is 120 Å². The van der Waals surface area contributed by atoms with Crippen LogP contribution in [0.4, 0.5) is 0 Å². The van der Waals surface area contributed by atoms with Crippen molar-refractivity contribution in [2.75, 3.05) is 19.6 Å². The lowest BCUT2D eigenvalue weighted by atomic mass is 10.0. The molecule has 0 amide bonds. The van der Waals surface area contributed by atoms with E-state index in [-0.39, 0.29) is 6.04 Å². The Morgan fingerprint density at radius 2 is 1.95 bits per heavy atom. The van der Waals surface area contributed by atoms with Crippen LogP contribution < -0.4 is 5.73 Å². The fourth-order valence-electron chi connectivity index (χ4n) is 3.03. The van der Waals surface area contributed by atoms with Crippen LogP contribution in [-0.4, -0.2) is 29.5 Å². The average Bonchev–Trinajstić information content (AvgIpc) is 2.98. The first-order valence-corrected chi connectivity index (χ1v) is 7.28. The Balaban J connectivity index is 1.93. The molecule has 2 N–H and O–H groups in total. The third-order valence-corrected chi connectivity index (χ3v) is 4.10. The SMILES string of the molecule is NCC1CCN(C(c2ccccc2)c2ccccn2)C1. The molecule has 0 saturated carbocycles. The van der Waals surface area contributed by atoms with Gasteiger partial charge in [-0.15, -0.1) is 0 Å². The molecule has 1 aromatic carbocycles. The highest BCUT2D eigenvalue weighted by atomic mass is 15.2. The standard InChI is InChI=1S/C17H21N3/c18-12-14-9-11-20(13-14)17(15-6-2-1-3-7-15)16-8-4-5-10-19-16/h1-8,10,14,17H,9,11-13,18H2. The monoisotopic (exact) mass is 267 g/mol. The molecule has 2 unspecified atom stereocenters. The van der Waals surface area contributed by atoms with Crippen LogP contribution in [0.25, 0.3) is 0 Å². The highest BCUT2D eigenvalue weighted by Gasteiger charge is 2.30. The Morgan fingerprint density at radius 3 is 2.60 bits per heavy atom. The third kappa shape index (κ3) is 2.74. The molecule has 104 valence electrons. The van der Waals surface area contributed by atoms with E-state index in [1.807, 2.05) is 12.3 Å². The van der Waals surface area contributed by atoms with Crippen LogP contribution in [0.2, 0.25) is 0 Å². The molecule has 1 aromatic heterocycles. The topological polar surface area (TPSA) is 42.1 Å². The van der Waals surface area contributed by atoms with Gasteiger partial charge in [-0.25, -0.2) is 0 Å². The highest BCUT2D eigenvalue weighted by molar-refractivity contribution is 5.28. The van der Waals surface area contributed by atoms with Crippen LogP contribution in [0, 0.1) is 5.92 Å². The fourth-order valence-corrected chi connectivity index (χ4v) is 3.03. The molecule has 2 atom stereocenters. The number of aromatic nitrogens is 1. The van der Waals surface area contributed by atoms with E-state index in [1.54, 1.807) is 0 Å². The summed E-state index contributed by atoms with van der Waals surface area (Å²) in [5.74, 6) is 0.616. The van der Waals surface area contributed by atoms with Crippen LogP contribution in [-0.2, 0) is 0 Å². The Morgan fingerprint density at radius 1 is 1.15 bits per heavy atom. The summed E-state index contributed by atoms with van der Waals surface area (Å²) in [6, 6.07) is 17.0. The molecule has 3 rings (SSSR count). The van der Waals surface area contributed by atoms with Crippen LogP contribution in [0.15, 0.2) is 54.7 Å². The van der Waals surface area contributed by atoms with Crippen LogP contribution in [0.1, 0.15) is 23.7 Å². The molecule has 3 heteroatoms. The van der Waals surface area contributed by atoms with Crippen molar-refractivity contribution in [3.63, 3.8) is 0 Å². The van der Waals surface area contributed by atoms with E-state index in [4.69, 9.17) is 5.73 Å². The maximum Gasteiger partial charge on any atom is 0.0776 e. The number of rotatable bonds is 4. The van der Waals surface area contributed by atoms with E-state index in [2.05, 4.69) is 52.3 Å². The van der Waals surface area contributed by atoms with E-state index in [1.165, 1.54) is 12.0 Å². The molecule has 1 fully saturated rings. The van der Waals surface area contributed by atoms with Gasteiger partial charge in [-0.2, -0.15) is 0 Å². The molecule has 1 aliphatic heterocycles. The molecule has 0 bridgehead atoms.